The van der Waals surface area contributed by atoms with Gasteiger partial charge in [0.1, 0.15) is 36.1 Å². The number of ether oxygens (including phenoxy) is 2. The Bertz CT molecular complexity index is 1700. The number of hydrogen-bond acceptors (Lipinski definition) is 12. The topological polar surface area (TPSA) is 167 Å². The summed E-state index contributed by atoms with van der Waals surface area (Å²) >= 11 is 0. The molecule has 0 amide bonds. The number of hydrogen-bond donors (Lipinski definition) is 2. The lowest BCUT2D eigenvalue weighted by Gasteiger charge is -2.51. The zero-order valence-corrected chi connectivity index (χ0v) is 30.5. The molecule has 4 atom stereocenters. The van der Waals surface area contributed by atoms with Crippen molar-refractivity contribution >= 4 is 34.1 Å². The molecule has 2 aliphatic rings. The molecule has 16 heteroatoms. The average molecular weight is 683 g/mol. The Morgan fingerprint density at radius 2 is 1.62 bits per heavy atom. The first-order valence-corrected chi connectivity index (χ1v) is 20.2. The summed E-state index contributed by atoms with van der Waals surface area (Å²) in [7, 11) is -4.21. The Morgan fingerprint density at radius 3 is 2.23 bits per heavy atom. The molecule has 6 rings (SSSR count). The molecule has 0 unspecified atom stereocenters. The zero-order chi connectivity index (χ0) is 33.8. The predicted molar refractivity (Wildman–Crippen MR) is 180 cm³/mol. The Labute approximate surface area is 277 Å². The van der Waals surface area contributed by atoms with Crippen LogP contribution in [0.3, 0.4) is 0 Å². The smallest absolute Gasteiger partial charge is 0.335 e. The van der Waals surface area contributed by atoms with Crippen molar-refractivity contribution in [3.05, 3.63) is 36.8 Å². The van der Waals surface area contributed by atoms with E-state index in [0.717, 1.165) is 11.4 Å². The molecule has 3 N–H and O–H groups in total. The number of benzene rings is 1. The summed E-state index contributed by atoms with van der Waals surface area (Å²) in [6.45, 7) is 17.5. The van der Waals surface area contributed by atoms with Crippen LogP contribution < -0.4 is 10.5 Å². The lowest BCUT2D eigenvalue weighted by molar-refractivity contribution is -0.0564. The van der Waals surface area contributed by atoms with E-state index in [0.29, 0.717) is 22.7 Å². The summed E-state index contributed by atoms with van der Waals surface area (Å²) in [4.78, 5) is 13.5. The van der Waals surface area contributed by atoms with Gasteiger partial charge in [0.2, 0.25) is 0 Å². The summed E-state index contributed by atoms with van der Waals surface area (Å²) in [5.74, 6) is 1.29. The minimum absolute atomic E-state index is 0.0886. The number of aliphatic hydroxyl groups is 1. The van der Waals surface area contributed by atoms with Gasteiger partial charge in [-0.3, -0.25) is 4.57 Å². The van der Waals surface area contributed by atoms with Crippen molar-refractivity contribution < 1.29 is 27.5 Å². The average Bonchev–Trinajstić information content (AvgIpc) is 3.73. The van der Waals surface area contributed by atoms with E-state index < -0.39 is 41.7 Å². The van der Waals surface area contributed by atoms with E-state index in [1.807, 2.05) is 24.3 Å². The van der Waals surface area contributed by atoms with Gasteiger partial charge in [-0.1, -0.05) is 60.6 Å². The number of aliphatic hydroxyl groups excluding tert-OH is 1. The van der Waals surface area contributed by atoms with E-state index >= 15 is 0 Å². The summed E-state index contributed by atoms with van der Waals surface area (Å²) in [6.07, 6.45) is -0.247. The van der Waals surface area contributed by atoms with Crippen LogP contribution in [0.2, 0.25) is 22.2 Å². The van der Waals surface area contributed by atoms with Gasteiger partial charge < -0.3 is 33.3 Å². The number of rotatable bonds is 8. The fourth-order valence-corrected chi connectivity index (χ4v) is 18.1. The molecule has 3 aromatic heterocycles. The zero-order valence-electron chi connectivity index (χ0n) is 28.5. The quantitative estimate of drug-likeness (QED) is 0.242. The molecule has 2 aliphatic heterocycles. The molecule has 0 bridgehead atoms. The number of nitrogens with zero attached hydrogens (tertiary/aromatic N) is 7. The van der Waals surface area contributed by atoms with E-state index in [-0.39, 0.29) is 34.6 Å². The maximum absolute atomic E-state index is 12.1. The Balaban J connectivity index is 1.45. The van der Waals surface area contributed by atoms with Crippen molar-refractivity contribution in [1.29, 1.82) is 0 Å². The van der Waals surface area contributed by atoms with Crippen molar-refractivity contribution in [3.63, 3.8) is 0 Å². The number of methoxy groups -OCH3 is 1. The summed E-state index contributed by atoms with van der Waals surface area (Å²) in [6, 6.07) is 7.44. The number of anilines is 1. The van der Waals surface area contributed by atoms with Crippen molar-refractivity contribution in [3.8, 4) is 23.0 Å². The molecule has 1 aromatic carbocycles. The third kappa shape index (κ3) is 5.58. The van der Waals surface area contributed by atoms with Crippen LogP contribution in [-0.4, -0.2) is 88.8 Å². The van der Waals surface area contributed by atoms with E-state index in [2.05, 4.69) is 75.7 Å². The Kier molecular flexibility index (Phi) is 9.05. The van der Waals surface area contributed by atoms with Gasteiger partial charge in [0.15, 0.2) is 29.0 Å². The predicted octanol–water partition coefficient (Wildman–Crippen LogP) is 4.88. The maximum atomic E-state index is 12.1. The highest BCUT2D eigenvalue weighted by molar-refractivity contribution is 6.84. The Morgan fingerprint density at radius 1 is 0.957 bits per heavy atom. The molecule has 2 saturated heterocycles. The molecular weight excluding hydrogens is 637 g/mol. The number of imidazole rings is 1. The molecule has 0 radical (unpaired) electrons. The number of fused-ring (bicyclic) bond motifs is 2. The molecule has 4 aromatic rings. The summed E-state index contributed by atoms with van der Waals surface area (Å²) < 4.78 is 36.7. The maximum Gasteiger partial charge on any atom is 0.335 e. The highest BCUT2D eigenvalue weighted by atomic mass is 28.5. The molecule has 0 aliphatic carbocycles. The van der Waals surface area contributed by atoms with Crippen molar-refractivity contribution in [2.45, 2.75) is 102 Å². The highest BCUT2D eigenvalue weighted by Crippen LogP contribution is 2.49. The molecule has 0 spiro atoms. The third-order valence-electron chi connectivity index (χ3n) is 9.46. The van der Waals surface area contributed by atoms with Crippen LogP contribution >= 0.6 is 0 Å². The van der Waals surface area contributed by atoms with Gasteiger partial charge in [0, 0.05) is 0 Å². The van der Waals surface area contributed by atoms with Gasteiger partial charge in [-0.05, 0) is 46.4 Å². The van der Waals surface area contributed by atoms with Crippen LogP contribution in [0.1, 0.15) is 61.6 Å². The van der Waals surface area contributed by atoms with Crippen molar-refractivity contribution in [1.82, 2.24) is 34.5 Å². The van der Waals surface area contributed by atoms with Gasteiger partial charge in [-0.25, -0.2) is 19.6 Å². The molecule has 2 fully saturated rings. The summed E-state index contributed by atoms with van der Waals surface area (Å²) in [5, 5.41) is 20.9. The largest absolute Gasteiger partial charge is 0.497 e. The van der Waals surface area contributed by atoms with Crippen LogP contribution in [0, 0.1) is 0 Å². The van der Waals surface area contributed by atoms with Crippen LogP contribution in [0.15, 0.2) is 36.8 Å². The van der Waals surface area contributed by atoms with Crippen LogP contribution in [0.5, 0.6) is 5.75 Å². The van der Waals surface area contributed by atoms with Gasteiger partial charge in [0.25, 0.3) is 0 Å². The minimum Gasteiger partial charge on any atom is -0.497 e. The lowest BCUT2D eigenvalue weighted by Crippen LogP contribution is -2.65. The normalized spacial score (nSPS) is 24.3. The van der Waals surface area contributed by atoms with Crippen molar-refractivity contribution in [2.24, 2.45) is 0 Å². The molecular formula is C31H46N8O6Si2. The van der Waals surface area contributed by atoms with E-state index in [9.17, 15) is 5.11 Å². The van der Waals surface area contributed by atoms with Crippen LogP contribution in [0.4, 0.5) is 5.82 Å². The van der Waals surface area contributed by atoms with Crippen LogP contribution in [0.25, 0.3) is 28.4 Å². The first-order valence-electron chi connectivity index (χ1n) is 16.2. The highest BCUT2D eigenvalue weighted by Gasteiger charge is 2.62. The second-order valence-electron chi connectivity index (χ2n) is 13.6. The number of nitrogens with two attached hydrogens (primary N) is 1. The number of nitrogen functional groups attached to an aromatic ring is 1. The Hall–Kier alpha value is -3.26. The van der Waals surface area contributed by atoms with Gasteiger partial charge in [0.05, 0.1) is 25.6 Å². The van der Waals surface area contributed by atoms with E-state index in [1.54, 1.807) is 22.6 Å². The summed E-state index contributed by atoms with van der Waals surface area (Å²) in [5.41, 5.74) is 8.77. The molecule has 5 heterocycles. The second-order valence-corrected chi connectivity index (χ2v) is 22.4. The molecule has 0 saturated carbocycles. The molecule has 254 valence electrons. The fourth-order valence-electron chi connectivity index (χ4n) is 6.93. The molecule has 14 nitrogen and oxygen atoms in total. The van der Waals surface area contributed by atoms with E-state index in [4.69, 9.17) is 33.2 Å². The fraction of sp³-hybridized carbons (Fsp3) is 0.581. The minimum atomic E-state index is -3.01. The first kappa shape index (κ1) is 33.6. The lowest BCUT2D eigenvalue weighted by atomic mass is 10.1. The van der Waals surface area contributed by atoms with Gasteiger partial charge >= 0.3 is 17.1 Å². The van der Waals surface area contributed by atoms with Gasteiger partial charge in [-0.15, -0.1) is 5.10 Å². The van der Waals surface area contributed by atoms with E-state index in [1.165, 1.54) is 6.33 Å². The van der Waals surface area contributed by atoms with Crippen LogP contribution in [-0.2, 0) is 17.7 Å². The third-order valence-corrected chi connectivity index (χ3v) is 19.7. The standard InChI is InChI=1S/C31H46N8O6Si2/c1-17(2)46(18(3)4)42-15-24-27(44-47(45-46,19(5)6)20(7)8)26(40)31(43-24)39-29(35-25-28(32)33-16-34-30(25)39)23-14-38(37-36-23)21-10-12-22(41-9)13-11-21/h10-14,16-20,24,26-27,31,40H,15H2,1-9H3,(H2,32,33,34)/t24-,26-,27-,31-/m1/s1. The van der Waals surface area contributed by atoms with Crippen molar-refractivity contribution in [2.75, 3.05) is 19.5 Å². The van der Waals surface area contributed by atoms with Gasteiger partial charge in [-0.2, -0.15) is 0 Å². The second kappa shape index (κ2) is 12.6. The monoisotopic (exact) mass is 682 g/mol. The SMILES string of the molecule is COc1ccc(-n2cc(-c3nc4c(N)ncnc4n3[C@@H]3O[C@@H]4CO[Si](C(C)C)(C(C)C)O[Si](C(C)C)(C(C)C)O[C@H]4[C@H]3O)nn2)cc1. The first-order chi connectivity index (χ1) is 22.3. The molecule has 47 heavy (non-hydrogen) atoms. The number of aromatic nitrogens is 7.